The lowest BCUT2D eigenvalue weighted by Crippen LogP contribution is -2.17. The molecule has 3 nitrogen and oxygen atoms in total. The van der Waals surface area contributed by atoms with Crippen LogP contribution < -0.4 is 5.32 Å². The molecule has 1 aliphatic heterocycles. The van der Waals surface area contributed by atoms with Crippen LogP contribution in [0, 0.1) is 0 Å². The van der Waals surface area contributed by atoms with Crippen LogP contribution in [0.3, 0.4) is 0 Å². The zero-order chi connectivity index (χ0) is 18.0. The lowest BCUT2D eigenvalue weighted by molar-refractivity contribution is 0.180. The second-order valence-corrected chi connectivity index (χ2v) is 7.60. The molecule has 1 aliphatic rings. The molecule has 0 bridgehead atoms. The van der Waals surface area contributed by atoms with E-state index in [4.69, 9.17) is 0 Å². The topological polar surface area (TPSA) is 44.6 Å². The predicted octanol–water partition coefficient (Wildman–Crippen LogP) is 5.78. The lowest BCUT2D eigenvalue weighted by atomic mass is 10.0. The number of aliphatic imine (C=N–C) groups is 1. The highest BCUT2D eigenvalue weighted by atomic mass is 16.3. The molecule has 1 heterocycles. The molecular weight excluding hydrogens is 308 g/mol. The molecule has 25 heavy (non-hydrogen) atoms. The zero-order valence-electron chi connectivity index (χ0n) is 16.6. The van der Waals surface area contributed by atoms with Crippen molar-refractivity contribution >= 4 is 5.84 Å². The minimum atomic E-state index is -0.111. The fourth-order valence-corrected chi connectivity index (χ4v) is 3.37. The second kappa shape index (κ2) is 16.6. The Bertz CT molecular complexity index is 350. The Labute approximate surface area is 156 Å². The summed E-state index contributed by atoms with van der Waals surface area (Å²) in [6.45, 7) is 3.86. The van der Waals surface area contributed by atoms with Gasteiger partial charge in [-0.2, -0.15) is 0 Å². The Morgan fingerprint density at radius 3 is 1.96 bits per heavy atom. The lowest BCUT2D eigenvalue weighted by Gasteiger charge is -2.04. The van der Waals surface area contributed by atoms with Crippen LogP contribution in [0.25, 0.3) is 0 Å². The Hall–Kier alpha value is -0.830. The van der Waals surface area contributed by atoms with Gasteiger partial charge in [0.25, 0.3) is 0 Å². The molecule has 0 aromatic heterocycles. The first-order chi connectivity index (χ1) is 12.3. The van der Waals surface area contributed by atoms with Crippen molar-refractivity contribution < 1.29 is 5.11 Å². The number of aliphatic hydroxyl groups excluding tert-OH is 1. The van der Waals surface area contributed by atoms with Gasteiger partial charge in [-0.25, -0.2) is 0 Å². The van der Waals surface area contributed by atoms with Crippen molar-refractivity contribution in [1.82, 2.24) is 5.32 Å². The maximum Gasteiger partial charge on any atom is 0.100 e. The van der Waals surface area contributed by atoms with Gasteiger partial charge in [-0.15, -0.1) is 0 Å². The molecule has 3 heteroatoms. The molecule has 0 spiro atoms. The molecule has 2 N–H and O–H groups in total. The van der Waals surface area contributed by atoms with Crippen molar-refractivity contribution in [2.45, 2.75) is 109 Å². The molecule has 0 aliphatic carbocycles. The summed E-state index contributed by atoms with van der Waals surface area (Å²) >= 11 is 0. The Kier molecular flexibility index (Phi) is 14.8. The number of hydrogen-bond donors (Lipinski definition) is 2. The van der Waals surface area contributed by atoms with Crippen molar-refractivity contribution in [1.29, 1.82) is 0 Å². The summed E-state index contributed by atoms with van der Waals surface area (Å²) in [6.07, 6.45) is 24.1. The van der Waals surface area contributed by atoms with Crippen LogP contribution in [-0.2, 0) is 0 Å². The zero-order valence-corrected chi connectivity index (χ0v) is 16.6. The van der Waals surface area contributed by atoms with Crippen LogP contribution in [0.1, 0.15) is 103 Å². The maximum absolute atomic E-state index is 9.20. The predicted molar refractivity (Wildman–Crippen MR) is 110 cm³/mol. The number of aliphatic hydroxyl groups is 1. The van der Waals surface area contributed by atoms with Crippen LogP contribution in [0.4, 0.5) is 0 Å². The van der Waals surface area contributed by atoms with Crippen molar-refractivity contribution in [3.05, 3.63) is 12.2 Å². The summed E-state index contributed by atoms with van der Waals surface area (Å²) in [5.41, 5.74) is 0. The van der Waals surface area contributed by atoms with E-state index in [1.807, 2.05) is 6.92 Å². The molecule has 0 saturated heterocycles. The summed E-state index contributed by atoms with van der Waals surface area (Å²) in [5, 5.41) is 12.5. The third-order valence-corrected chi connectivity index (χ3v) is 4.96. The normalized spacial score (nSPS) is 15.5. The molecule has 0 fully saturated rings. The third kappa shape index (κ3) is 15.2. The summed E-state index contributed by atoms with van der Waals surface area (Å²) in [5.74, 6) is 1.16. The Balaban J connectivity index is 1.70. The van der Waals surface area contributed by atoms with Gasteiger partial charge in [0.15, 0.2) is 0 Å². The van der Waals surface area contributed by atoms with Crippen LogP contribution in [0.15, 0.2) is 17.1 Å². The molecule has 1 atom stereocenters. The minimum absolute atomic E-state index is 0.111. The number of nitrogens with one attached hydrogen (secondary N) is 1. The van der Waals surface area contributed by atoms with E-state index >= 15 is 0 Å². The fraction of sp³-hybridized carbons (Fsp3) is 0.864. The van der Waals surface area contributed by atoms with E-state index in [2.05, 4.69) is 22.5 Å². The number of allylic oxidation sites excluding steroid dienone is 1. The van der Waals surface area contributed by atoms with Crippen molar-refractivity contribution in [2.24, 2.45) is 4.99 Å². The van der Waals surface area contributed by atoms with E-state index in [0.717, 1.165) is 31.8 Å². The molecular formula is C22H42N2O. The average molecular weight is 351 g/mol. The molecule has 1 rings (SSSR count). The molecule has 0 saturated carbocycles. The van der Waals surface area contributed by atoms with Crippen LogP contribution in [0.5, 0.6) is 0 Å². The van der Waals surface area contributed by atoms with E-state index in [9.17, 15) is 5.11 Å². The Morgan fingerprint density at radius 1 is 0.880 bits per heavy atom. The summed E-state index contributed by atoms with van der Waals surface area (Å²) in [4.78, 5) is 4.39. The number of unbranched alkanes of at least 4 members (excludes halogenated alkanes) is 12. The summed E-state index contributed by atoms with van der Waals surface area (Å²) in [6, 6.07) is 0. The highest BCUT2D eigenvalue weighted by Gasteiger charge is 2.00. The smallest absolute Gasteiger partial charge is 0.100 e. The number of hydrogen-bond acceptors (Lipinski definition) is 3. The molecule has 0 radical (unpaired) electrons. The first-order valence-corrected chi connectivity index (χ1v) is 10.9. The summed E-state index contributed by atoms with van der Waals surface area (Å²) in [7, 11) is 0. The van der Waals surface area contributed by atoms with E-state index < -0.39 is 0 Å². The standard InChI is InChI=1S/C22H42N2O/c1-21(25)17-15-13-11-9-7-5-3-2-4-6-8-10-12-14-16-18-22-23-19-20-24-22/h14,16,21,25H,2-13,15,17-20H2,1H3,(H,23,24). The quantitative estimate of drug-likeness (QED) is 0.258. The molecule has 1 unspecified atom stereocenters. The van der Waals surface area contributed by atoms with Gasteiger partial charge in [0.05, 0.1) is 12.6 Å². The minimum Gasteiger partial charge on any atom is -0.393 e. The SMILES string of the molecule is CC(O)CCCCCCCCCCCCCCC=CCC1=NCCN1. The van der Waals surface area contributed by atoms with Gasteiger partial charge >= 0.3 is 0 Å². The first kappa shape index (κ1) is 22.2. The van der Waals surface area contributed by atoms with Gasteiger partial charge in [0.1, 0.15) is 5.84 Å². The third-order valence-electron chi connectivity index (χ3n) is 4.96. The van der Waals surface area contributed by atoms with Gasteiger partial charge < -0.3 is 10.4 Å². The number of nitrogens with zero attached hydrogens (tertiary/aromatic N) is 1. The monoisotopic (exact) mass is 350 g/mol. The highest BCUT2D eigenvalue weighted by molar-refractivity contribution is 5.84. The van der Waals surface area contributed by atoms with Gasteiger partial charge in [-0.05, 0) is 26.2 Å². The first-order valence-electron chi connectivity index (χ1n) is 10.9. The van der Waals surface area contributed by atoms with Gasteiger partial charge in [0.2, 0.25) is 0 Å². The number of amidine groups is 1. The van der Waals surface area contributed by atoms with Crippen molar-refractivity contribution in [2.75, 3.05) is 13.1 Å². The maximum atomic E-state index is 9.20. The van der Waals surface area contributed by atoms with Gasteiger partial charge in [0, 0.05) is 13.0 Å². The molecule has 0 aromatic carbocycles. The van der Waals surface area contributed by atoms with E-state index in [1.165, 1.54) is 83.5 Å². The van der Waals surface area contributed by atoms with E-state index in [1.54, 1.807) is 0 Å². The van der Waals surface area contributed by atoms with Gasteiger partial charge in [-0.3, -0.25) is 4.99 Å². The molecule has 0 amide bonds. The van der Waals surface area contributed by atoms with Crippen molar-refractivity contribution in [3.63, 3.8) is 0 Å². The molecule has 0 aromatic rings. The summed E-state index contributed by atoms with van der Waals surface area (Å²) < 4.78 is 0. The largest absolute Gasteiger partial charge is 0.393 e. The van der Waals surface area contributed by atoms with Gasteiger partial charge in [-0.1, -0.05) is 82.8 Å². The van der Waals surface area contributed by atoms with Crippen LogP contribution in [0.2, 0.25) is 0 Å². The highest BCUT2D eigenvalue weighted by Crippen LogP contribution is 2.13. The van der Waals surface area contributed by atoms with Crippen molar-refractivity contribution in [3.8, 4) is 0 Å². The number of rotatable bonds is 17. The fourth-order valence-electron chi connectivity index (χ4n) is 3.37. The van der Waals surface area contributed by atoms with E-state index in [0.29, 0.717) is 0 Å². The molecule has 146 valence electrons. The van der Waals surface area contributed by atoms with Crippen LogP contribution >= 0.6 is 0 Å². The van der Waals surface area contributed by atoms with E-state index in [-0.39, 0.29) is 6.10 Å². The average Bonchev–Trinajstić information content (AvgIpc) is 3.11. The second-order valence-electron chi connectivity index (χ2n) is 7.60. The van der Waals surface area contributed by atoms with Crippen LogP contribution in [-0.4, -0.2) is 30.1 Å². The Morgan fingerprint density at radius 2 is 1.44 bits per heavy atom.